The molecule has 4 rings (SSSR count). The van der Waals surface area contributed by atoms with Gasteiger partial charge in [-0.25, -0.2) is 9.78 Å². The van der Waals surface area contributed by atoms with Gasteiger partial charge in [-0.2, -0.15) is 0 Å². The number of Topliss-reactive ketones (excluding diaryl/α,β-unsaturated/α-hetero) is 1. The van der Waals surface area contributed by atoms with Gasteiger partial charge in [-0.3, -0.25) is 4.79 Å². The smallest absolute Gasteiger partial charge is 0.331 e. The van der Waals surface area contributed by atoms with E-state index in [1.807, 2.05) is 67.6 Å². The van der Waals surface area contributed by atoms with Crippen molar-refractivity contribution in [1.82, 2.24) is 9.97 Å². The predicted octanol–water partition coefficient (Wildman–Crippen LogP) is 4.46. The molecule has 5 heteroatoms. The molecule has 28 heavy (non-hydrogen) atoms. The van der Waals surface area contributed by atoms with Crippen molar-refractivity contribution in [2.75, 3.05) is 6.61 Å². The highest BCUT2D eigenvalue weighted by Crippen LogP contribution is 2.22. The highest BCUT2D eigenvalue weighted by atomic mass is 16.5. The standard InChI is InChI=1S/C23H18N2O3/c1-15-23(18-7-3-5-9-20(18)24-15)21(26)14-28-22(27)13-12-17-11-10-16-6-2-4-8-19(16)25-17/h2-13,24H,14H2,1H3/b13-12+. The number of hydrogen-bond acceptors (Lipinski definition) is 4. The Hall–Kier alpha value is -3.73. The largest absolute Gasteiger partial charge is 0.454 e. The lowest BCUT2D eigenvalue weighted by atomic mass is 10.1. The van der Waals surface area contributed by atoms with E-state index < -0.39 is 5.97 Å². The van der Waals surface area contributed by atoms with Crippen molar-refractivity contribution in [3.8, 4) is 0 Å². The normalized spacial score (nSPS) is 11.3. The van der Waals surface area contributed by atoms with Crippen LogP contribution in [-0.2, 0) is 9.53 Å². The number of esters is 1. The third kappa shape index (κ3) is 3.55. The summed E-state index contributed by atoms with van der Waals surface area (Å²) in [4.78, 5) is 32.2. The summed E-state index contributed by atoms with van der Waals surface area (Å²) in [6.45, 7) is 1.53. The first-order valence-electron chi connectivity index (χ1n) is 8.93. The van der Waals surface area contributed by atoms with Crippen LogP contribution in [0.25, 0.3) is 27.9 Å². The Morgan fingerprint density at radius 1 is 1.04 bits per heavy atom. The van der Waals surface area contributed by atoms with Gasteiger partial charge in [0.2, 0.25) is 5.78 Å². The first-order chi connectivity index (χ1) is 13.6. The fraction of sp³-hybridized carbons (Fsp3) is 0.0870. The van der Waals surface area contributed by atoms with E-state index in [0.29, 0.717) is 11.3 Å². The number of aromatic amines is 1. The zero-order valence-electron chi connectivity index (χ0n) is 15.3. The molecule has 2 aromatic heterocycles. The average Bonchev–Trinajstić information content (AvgIpc) is 3.06. The van der Waals surface area contributed by atoms with Crippen LogP contribution >= 0.6 is 0 Å². The average molecular weight is 370 g/mol. The van der Waals surface area contributed by atoms with Crippen molar-refractivity contribution in [2.45, 2.75) is 6.92 Å². The number of para-hydroxylation sites is 2. The van der Waals surface area contributed by atoms with Crippen molar-refractivity contribution < 1.29 is 14.3 Å². The van der Waals surface area contributed by atoms with Gasteiger partial charge in [0.1, 0.15) is 0 Å². The van der Waals surface area contributed by atoms with Gasteiger partial charge in [0.15, 0.2) is 6.61 Å². The minimum Gasteiger partial charge on any atom is -0.454 e. The van der Waals surface area contributed by atoms with Gasteiger partial charge in [-0.15, -0.1) is 0 Å². The third-order valence-corrected chi connectivity index (χ3v) is 4.53. The summed E-state index contributed by atoms with van der Waals surface area (Å²) in [5.74, 6) is -0.818. The molecule has 2 heterocycles. The van der Waals surface area contributed by atoms with Gasteiger partial charge >= 0.3 is 5.97 Å². The van der Waals surface area contributed by atoms with E-state index in [9.17, 15) is 9.59 Å². The monoisotopic (exact) mass is 370 g/mol. The predicted molar refractivity (Wildman–Crippen MR) is 109 cm³/mol. The van der Waals surface area contributed by atoms with Crippen LogP contribution in [0.2, 0.25) is 0 Å². The number of benzene rings is 2. The van der Waals surface area contributed by atoms with Crippen LogP contribution in [0.4, 0.5) is 0 Å². The number of carbonyl (C=O) groups is 2. The molecule has 0 bridgehead atoms. The fourth-order valence-electron chi connectivity index (χ4n) is 3.22. The van der Waals surface area contributed by atoms with E-state index in [0.717, 1.165) is 27.5 Å². The Morgan fingerprint density at radius 3 is 2.71 bits per heavy atom. The zero-order chi connectivity index (χ0) is 19.5. The summed E-state index contributed by atoms with van der Waals surface area (Å²) in [6.07, 6.45) is 2.86. The number of carbonyl (C=O) groups excluding carboxylic acids is 2. The van der Waals surface area contributed by atoms with E-state index in [1.165, 1.54) is 6.08 Å². The van der Waals surface area contributed by atoms with E-state index >= 15 is 0 Å². The molecule has 0 radical (unpaired) electrons. The van der Waals surface area contributed by atoms with E-state index in [4.69, 9.17) is 4.74 Å². The second-order valence-corrected chi connectivity index (χ2v) is 6.46. The maximum Gasteiger partial charge on any atom is 0.331 e. The zero-order valence-corrected chi connectivity index (χ0v) is 15.3. The van der Waals surface area contributed by atoms with Crippen LogP contribution < -0.4 is 0 Å². The summed E-state index contributed by atoms with van der Waals surface area (Å²) >= 11 is 0. The van der Waals surface area contributed by atoms with Crippen molar-refractivity contribution in [3.05, 3.63) is 83.7 Å². The van der Waals surface area contributed by atoms with E-state index in [2.05, 4.69) is 9.97 Å². The number of rotatable bonds is 5. The van der Waals surface area contributed by atoms with Gasteiger partial charge in [0.25, 0.3) is 0 Å². The first kappa shape index (κ1) is 17.7. The van der Waals surface area contributed by atoms with Crippen LogP contribution in [0, 0.1) is 6.92 Å². The Balaban J connectivity index is 1.42. The highest BCUT2D eigenvalue weighted by Gasteiger charge is 2.16. The number of fused-ring (bicyclic) bond motifs is 2. The molecule has 138 valence electrons. The fourth-order valence-corrected chi connectivity index (χ4v) is 3.22. The van der Waals surface area contributed by atoms with Crippen molar-refractivity contribution in [3.63, 3.8) is 0 Å². The molecule has 0 saturated heterocycles. The van der Waals surface area contributed by atoms with Crippen LogP contribution in [0.5, 0.6) is 0 Å². The van der Waals surface area contributed by atoms with Crippen LogP contribution in [0.1, 0.15) is 21.7 Å². The number of aryl methyl sites for hydroxylation is 1. The molecule has 0 aliphatic heterocycles. The first-order valence-corrected chi connectivity index (χ1v) is 8.93. The van der Waals surface area contributed by atoms with Gasteiger partial charge in [-0.1, -0.05) is 42.5 Å². The van der Waals surface area contributed by atoms with E-state index in [-0.39, 0.29) is 12.4 Å². The van der Waals surface area contributed by atoms with Crippen LogP contribution in [-0.4, -0.2) is 28.3 Å². The molecular weight excluding hydrogens is 352 g/mol. The SMILES string of the molecule is Cc1[nH]c2ccccc2c1C(=O)COC(=O)/C=C/c1ccc2ccccc2n1. The molecule has 0 spiro atoms. The molecule has 0 aliphatic carbocycles. The maximum atomic E-state index is 12.5. The number of nitrogens with one attached hydrogen (secondary N) is 1. The van der Waals surface area contributed by atoms with Crippen molar-refractivity contribution in [2.24, 2.45) is 0 Å². The molecule has 0 atom stereocenters. The Labute approximate surface area is 161 Å². The van der Waals surface area contributed by atoms with Gasteiger partial charge in [0, 0.05) is 33.6 Å². The summed E-state index contributed by atoms with van der Waals surface area (Å²) in [5.41, 5.74) is 3.70. The topological polar surface area (TPSA) is 72.1 Å². The minimum absolute atomic E-state index is 0.236. The van der Waals surface area contributed by atoms with Crippen LogP contribution in [0.15, 0.2) is 66.7 Å². The molecule has 0 saturated carbocycles. The quantitative estimate of drug-likeness (QED) is 0.320. The highest BCUT2D eigenvalue weighted by molar-refractivity contribution is 6.10. The number of nitrogens with zero attached hydrogens (tertiary/aromatic N) is 1. The molecule has 0 fully saturated rings. The molecule has 0 aliphatic rings. The molecule has 0 amide bonds. The minimum atomic E-state index is -0.583. The summed E-state index contributed by atoms with van der Waals surface area (Å²) < 4.78 is 5.12. The number of ketones is 1. The second-order valence-electron chi connectivity index (χ2n) is 6.46. The lowest BCUT2D eigenvalue weighted by Gasteiger charge is -2.02. The Bertz CT molecular complexity index is 1220. The van der Waals surface area contributed by atoms with Crippen LogP contribution in [0.3, 0.4) is 0 Å². The number of ether oxygens (including phenoxy) is 1. The Morgan fingerprint density at radius 2 is 1.82 bits per heavy atom. The van der Waals surface area contributed by atoms with E-state index in [1.54, 1.807) is 6.08 Å². The van der Waals surface area contributed by atoms with Crippen molar-refractivity contribution in [1.29, 1.82) is 0 Å². The maximum absolute atomic E-state index is 12.5. The number of pyridine rings is 1. The molecule has 2 aromatic carbocycles. The van der Waals surface area contributed by atoms with Gasteiger partial charge < -0.3 is 9.72 Å². The van der Waals surface area contributed by atoms with Gasteiger partial charge in [-0.05, 0) is 31.2 Å². The molecule has 0 unspecified atom stereocenters. The number of H-pyrrole nitrogens is 1. The third-order valence-electron chi connectivity index (χ3n) is 4.53. The summed E-state index contributed by atoms with van der Waals surface area (Å²) in [6, 6.07) is 19.1. The van der Waals surface area contributed by atoms with Gasteiger partial charge in [0.05, 0.1) is 11.2 Å². The molecule has 4 aromatic rings. The summed E-state index contributed by atoms with van der Waals surface area (Å²) in [7, 11) is 0. The lowest BCUT2D eigenvalue weighted by molar-refractivity contribution is -0.136. The molecule has 1 N–H and O–H groups in total. The number of aromatic nitrogens is 2. The number of hydrogen-bond donors (Lipinski definition) is 1. The second kappa shape index (κ2) is 7.48. The summed E-state index contributed by atoms with van der Waals surface area (Å²) in [5, 5.41) is 1.86. The Kier molecular flexibility index (Phi) is 4.72. The molecule has 5 nitrogen and oxygen atoms in total. The lowest BCUT2D eigenvalue weighted by Crippen LogP contribution is -2.13. The molecular formula is C23H18N2O3. The van der Waals surface area contributed by atoms with Crippen molar-refractivity contribution >= 4 is 39.6 Å².